The van der Waals surface area contributed by atoms with Gasteiger partial charge in [0.1, 0.15) is 36.6 Å². The van der Waals surface area contributed by atoms with E-state index in [9.17, 15) is 67.4 Å². The SMILES string of the molecule is C.CP(=S)(Cl)OCC(F)(F)F.Cc1cc(Cl)cc(Cl)c1C1=C(O)C2(CCC(OCC(F)(F)F)CC2)OC1=O.Cc1cc(Cl)cc(Cl)c1C1=C(OP(C)(=S)OCC(F)(F)F)C2(CCC(OCC(F)(F)F)CC2)OC1=O. The summed E-state index contributed by atoms with van der Waals surface area (Å²) in [6.45, 7) is -3.66. The van der Waals surface area contributed by atoms with E-state index in [1.165, 1.54) is 31.5 Å². The minimum Gasteiger partial charge on any atom is -0.507 e. The molecule has 2 aromatic carbocycles. The molecule has 31 heteroatoms. The van der Waals surface area contributed by atoms with Gasteiger partial charge in [0.05, 0.1) is 22.3 Å². The Kier molecular flexibility index (Phi) is 23.0. The number of aryl methyl sites for hydroxylation is 2. The van der Waals surface area contributed by atoms with Gasteiger partial charge in [-0.05, 0) is 112 Å². The lowest BCUT2D eigenvalue weighted by Crippen LogP contribution is -2.40. The number of rotatable bonds is 12. The predicted octanol–water partition coefficient (Wildman–Crippen LogP) is 16.1. The lowest BCUT2D eigenvalue weighted by Gasteiger charge is -2.38. The Morgan fingerprint density at radius 3 is 1.34 bits per heavy atom. The maximum Gasteiger partial charge on any atom is 0.412 e. The van der Waals surface area contributed by atoms with Crippen LogP contribution in [0.2, 0.25) is 20.1 Å². The Hall–Kier alpha value is -1.79. The standard InChI is InChI=1S/C21H21Cl2F6O5PS.C18H17Cl2F3O4.C3H5ClF3OPS.CH4/c1-11-7-12(22)8-14(23)15(11)16-17(34-35(2,36)32-10-21(27,28)29)19(33-18(16)30)5-3-13(4-6-19)31-9-20(24,25)26;1-9-6-10(19)7-12(20)13(9)14-15(24)17(27-16(14)25)4-2-11(3-5-17)26-8-18(21,22)23;1-9(4,10)8-2-3(5,6)7;/h7-8,13H,3-6,9-10H2,1-2H3;6-7,11,24H,2-5,8H2,1H3;2H2,1H3;1H4. The summed E-state index contributed by atoms with van der Waals surface area (Å²) in [7, 11) is 0. The Morgan fingerprint density at radius 1 is 0.622 bits per heavy atom. The Morgan fingerprint density at radius 2 is 0.973 bits per heavy atom. The van der Waals surface area contributed by atoms with E-state index in [0.29, 0.717) is 21.7 Å². The summed E-state index contributed by atoms with van der Waals surface area (Å²) in [5.41, 5.74) is -3.98. The molecule has 0 aromatic heterocycles. The van der Waals surface area contributed by atoms with Crippen LogP contribution >= 0.6 is 69.8 Å². The van der Waals surface area contributed by atoms with Crippen LogP contribution in [-0.2, 0) is 65.7 Å². The van der Waals surface area contributed by atoms with Crippen LogP contribution in [0.4, 0.5) is 52.7 Å². The van der Waals surface area contributed by atoms with Gasteiger partial charge in [0, 0.05) is 34.5 Å². The first kappa shape index (κ1) is 66.5. The minimum absolute atomic E-state index is 0. The minimum atomic E-state index is -4.68. The second-order valence-electron chi connectivity index (χ2n) is 17.0. The Balaban J connectivity index is 0.000000334. The van der Waals surface area contributed by atoms with Crippen LogP contribution in [0.5, 0.6) is 0 Å². The van der Waals surface area contributed by atoms with Crippen molar-refractivity contribution in [3.8, 4) is 0 Å². The molecule has 2 heterocycles. The number of benzene rings is 2. The van der Waals surface area contributed by atoms with Crippen molar-refractivity contribution >= 4 is 116 Å². The highest BCUT2D eigenvalue weighted by Crippen LogP contribution is 2.57. The van der Waals surface area contributed by atoms with Crippen molar-refractivity contribution in [1.29, 1.82) is 0 Å². The van der Waals surface area contributed by atoms with E-state index in [1.807, 2.05) is 0 Å². The molecular weight excluding hydrogens is 1210 g/mol. The highest BCUT2D eigenvalue weighted by molar-refractivity contribution is 8.24. The molecule has 2 atom stereocenters. The summed E-state index contributed by atoms with van der Waals surface area (Å²) in [4.78, 5) is 25.6. The van der Waals surface area contributed by atoms with E-state index in [4.69, 9.17) is 97.4 Å². The third-order valence-corrected chi connectivity index (χ3v) is 14.8. The van der Waals surface area contributed by atoms with E-state index in [2.05, 4.69) is 16.3 Å². The van der Waals surface area contributed by atoms with Crippen LogP contribution in [0, 0.1) is 13.8 Å². The van der Waals surface area contributed by atoms with E-state index >= 15 is 0 Å². The zero-order valence-electron chi connectivity index (χ0n) is 38.2. The first-order valence-electron chi connectivity index (χ1n) is 21.0. The summed E-state index contributed by atoms with van der Waals surface area (Å²) in [6.07, 6.45) is -18.4. The molecule has 1 N–H and O–H groups in total. The molecule has 0 radical (unpaired) electrons. The third-order valence-electron chi connectivity index (χ3n) is 10.9. The van der Waals surface area contributed by atoms with Crippen molar-refractivity contribution in [2.45, 2.75) is 121 Å². The molecule has 2 spiro atoms. The lowest BCUT2D eigenvalue weighted by atomic mass is 9.81. The molecule has 2 aromatic rings. The maximum absolute atomic E-state index is 13.1. The maximum atomic E-state index is 13.1. The van der Waals surface area contributed by atoms with Crippen molar-refractivity contribution in [1.82, 2.24) is 0 Å². The molecule has 2 unspecified atom stereocenters. The molecule has 4 aliphatic rings. The number of alkyl halides is 12. The fourth-order valence-corrected chi connectivity index (χ4v) is 11.4. The van der Waals surface area contributed by atoms with Gasteiger partial charge in [0.15, 0.2) is 29.3 Å². The second-order valence-corrected chi connectivity index (χ2v) is 29.0. The molecule has 0 saturated heterocycles. The van der Waals surface area contributed by atoms with Gasteiger partial charge in [0.25, 0.3) is 0 Å². The van der Waals surface area contributed by atoms with E-state index < -0.39 is 98.6 Å². The number of hydrogen-bond donors (Lipinski definition) is 1. The van der Waals surface area contributed by atoms with Crippen molar-refractivity contribution in [3.63, 3.8) is 0 Å². The van der Waals surface area contributed by atoms with Gasteiger partial charge in [-0.15, -0.1) is 0 Å². The number of ether oxygens (including phenoxy) is 4. The lowest BCUT2D eigenvalue weighted by molar-refractivity contribution is -0.193. The van der Waals surface area contributed by atoms with Gasteiger partial charge >= 0.3 is 36.6 Å². The van der Waals surface area contributed by atoms with Crippen molar-refractivity contribution in [2.75, 3.05) is 39.8 Å². The van der Waals surface area contributed by atoms with E-state index in [-0.39, 0.29) is 102 Å². The summed E-state index contributed by atoms with van der Waals surface area (Å²) in [6, 6.07) is 5.98. The second kappa shape index (κ2) is 25.6. The third kappa shape index (κ3) is 19.5. The van der Waals surface area contributed by atoms with Crippen molar-refractivity contribution < 1.29 is 99.9 Å². The molecule has 6 rings (SSSR count). The number of carbonyl (C=O) groups excluding carboxylic acids is 2. The van der Waals surface area contributed by atoms with Gasteiger partial charge in [-0.25, -0.2) is 9.59 Å². The summed E-state index contributed by atoms with van der Waals surface area (Å²) in [5, 5.41) is 11.7. The van der Waals surface area contributed by atoms with Gasteiger partial charge in [-0.2, -0.15) is 52.7 Å². The first-order valence-corrected chi connectivity index (χ1v) is 29.7. The highest BCUT2D eigenvalue weighted by atomic mass is 35.7. The van der Waals surface area contributed by atoms with Crippen LogP contribution in [0.15, 0.2) is 35.8 Å². The van der Waals surface area contributed by atoms with E-state index in [1.54, 1.807) is 19.9 Å². The molecule has 2 saturated carbocycles. The predicted molar refractivity (Wildman–Crippen MR) is 263 cm³/mol. The topological polar surface area (TPSA) is 119 Å². The molecule has 2 fully saturated rings. The molecule has 0 amide bonds. The van der Waals surface area contributed by atoms with Crippen LogP contribution in [-0.4, -0.2) is 105 Å². The number of halogens is 17. The smallest absolute Gasteiger partial charge is 0.412 e. The number of aliphatic hydroxyl groups is 1. The summed E-state index contributed by atoms with van der Waals surface area (Å²) in [5.74, 6) is -1.97. The largest absolute Gasteiger partial charge is 0.507 e. The van der Waals surface area contributed by atoms with Crippen LogP contribution in [0.1, 0.15) is 81.0 Å². The average molecular weight is 1260 g/mol. The normalized spacial score (nSPS) is 24.0. The summed E-state index contributed by atoms with van der Waals surface area (Å²) >= 11 is 39.4. The fourth-order valence-electron chi connectivity index (χ4n) is 7.91. The molecule has 2 aliphatic carbocycles. The van der Waals surface area contributed by atoms with Gasteiger partial charge < -0.3 is 37.6 Å². The molecule has 420 valence electrons. The Bertz CT molecular complexity index is 2480. The number of hydrogen-bond acceptors (Lipinski definition) is 12. The Labute approximate surface area is 452 Å². The van der Waals surface area contributed by atoms with Crippen molar-refractivity contribution in [3.05, 3.63) is 78.1 Å². The highest BCUT2D eigenvalue weighted by Gasteiger charge is 2.54. The molecular formula is C43H47Cl5F12O10P2S2. The zero-order valence-corrected chi connectivity index (χ0v) is 45.4. The average Bonchev–Trinajstić information content (AvgIpc) is 3.60. The van der Waals surface area contributed by atoms with E-state index in [0.717, 1.165) is 0 Å². The monoisotopic (exact) mass is 1250 g/mol. The van der Waals surface area contributed by atoms with Gasteiger partial charge in [-0.1, -0.05) is 76.9 Å². The van der Waals surface area contributed by atoms with Crippen LogP contribution in [0.25, 0.3) is 11.1 Å². The number of aliphatic hydroxyl groups excluding tert-OH is 1. The number of carbonyl (C=O) groups is 2. The molecule has 0 bridgehead atoms. The quantitative estimate of drug-likeness (QED) is 0.124. The first-order chi connectivity index (χ1) is 33.1. The van der Waals surface area contributed by atoms with Crippen LogP contribution in [0.3, 0.4) is 0 Å². The zero-order chi connectivity index (χ0) is 55.5. The molecule has 74 heavy (non-hydrogen) atoms. The molecule has 10 nitrogen and oxygen atoms in total. The van der Waals surface area contributed by atoms with Gasteiger partial charge in [0.2, 0.25) is 6.49 Å². The van der Waals surface area contributed by atoms with Gasteiger partial charge in [-0.3, -0.25) is 0 Å². The van der Waals surface area contributed by atoms with Crippen LogP contribution < -0.4 is 0 Å². The van der Waals surface area contributed by atoms with Crippen molar-refractivity contribution in [2.24, 2.45) is 0 Å². The number of esters is 2. The molecule has 2 aliphatic heterocycles. The summed E-state index contributed by atoms with van der Waals surface area (Å²) < 4.78 is 183. The fraction of sp³-hybridized carbons (Fsp3) is 0.581.